The molecule has 64 valence electrons. The number of carbonyl (C=O) groups is 1. The fraction of sp³-hybridized carbons (Fsp3) is 0.250. The molecule has 2 aliphatic rings. The highest BCUT2D eigenvalue weighted by atomic mass is 16.1. The van der Waals surface area contributed by atoms with Crippen LogP contribution in [-0.4, -0.2) is 6.29 Å². The van der Waals surface area contributed by atoms with E-state index in [0.29, 0.717) is 11.8 Å². The van der Waals surface area contributed by atoms with E-state index in [1.165, 1.54) is 11.1 Å². The van der Waals surface area contributed by atoms with Gasteiger partial charge in [-0.15, -0.1) is 0 Å². The van der Waals surface area contributed by atoms with Gasteiger partial charge in [0.25, 0.3) is 0 Å². The van der Waals surface area contributed by atoms with Crippen molar-refractivity contribution in [1.82, 2.24) is 0 Å². The van der Waals surface area contributed by atoms with E-state index in [-0.39, 0.29) is 5.92 Å². The van der Waals surface area contributed by atoms with E-state index in [2.05, 4.69) is 36.4 Å². The number of carbonyl (C=O) groups excluding carboxylic acids is 1. The molecular weight excluding hydrogens is 160 g/mol. The van der Waals surface area contributed by atoms with Crippen LogP contribution in [0.5, 0.6) is 0 Å². The van der Waals surface area contributed by atoms with Crippen molar-refractivity contribution in [3.8, 4) is 0 Å². The summed E-state index contributed by atoms with van der Waals surface area (Å²) in [6.07, 6.45) is 5.45. The van der Waals surface area contributed by atoms with Crippen molar-refractivity contribution in [1.29, 1.82) is 0 Å². The zero-order valence-corrected chi connectivity index (χ0v) is 7.18. The molecule has 0 fully saturated rings. The lowest BCUT2D eigenvalue weighted by molar-refractivity contribution is -0.111. The molecule has 2 aliphatic carbocycles. The fourth-order valence-electron chi connectivity index (χ4n) is 2.63. The summed E-state index contributed by atoms with van der Waals surface area (Å²) in [5.41, 5.74) is 2.71. The Morgan fingerprint density at radius 2 is 1.54 bits per heavy atom. The highest BCUT2D eigenvalue weighted by molar-refractivity contribution is 5.67. The van der Waals surface area contributed by atoms with E-state index in [9.17, 15) is 4.79 Å². The van der Waals surface area contributed by atoms with Crippen molar-refractivity contribution in [3.63, 3.8) is 0 Å². The minimum atomic E-state index is 0.178. The molecule has 3 atom stereocenters. The number of allylic oxidation sites excluding steroid dienone is 2. The molecule has 1 unspecified atom stereocenters. The molecule has 0 amide bonds. The summed E-state index contributed by atoms with van der Waals surface area (Å²) in [4.78, 5) is 10.9. The van der Waals surface area contributed by atoms with E-state index in [1.54, 1.807) is 0 Å². The highest BCUT2D eigenvalue weighted by Gasteiger charge is 2.41. The van der Waals surface area contributed by atoms with Gasteiger partial charge in [-0.2, -0.15) is 0 Å². The van der Waals surface area contributed by atoms with Crippen LogP contribution in [0.15, 0.2) is 36.4 Å². The Labute approximate surface area is 77.1 Å². The van der Waals surface area contributed by atoms with Gasteiger partial charge in [0.1, 0.15) is 6.29 Å². The molecule has 0 spiro atoms. The summed E-state index contributed by atoms with van der Waals surface area (Å²) in [6.45, 7) is 0. The van der Waals surface area contributed by atoms with Crippen LogP contribution in [0, 0.1) is 5.92 Å². The van der Waals surface area contributed by atoms with E-state index >= 15 is 0 Å². The minimum Gasteiger partial charge on any atom is -0.303 e. The van der Waals surface area contributed by atoms with E-state index in [0.717, 1.165) is 6.29 Å². The molecule has 13 heavy (non-hydrogen) atoms. The maximum atomic E-state index is 10.9. The zero-order chi connectivity index (χ0) is 8.84. The summed E-state index contributed by atoms with van der Waals surface area (Å²) >= 11 is 0. The molecule has 1 aromatic rings. The Morgan fingerprint density at radius 1 is 1.00 bits per heavy atom. The van der Waals surface area contributed by atoms with Gasteiger partial charge in [0, 0.05) is 17.8 Å². The number of benzene rings is 1. The zero-order valence-electron chi connectivity index (χ0n) is 7.18. The minimum absolute atomic E-state index is 0.178. The SMILES string of the molecule is O=CC1[C@@H]2C=C[C@H]1c1ccccc12. The second-order valence-corrected chi connectivity index (χ2v) is 3.78. The van der Waals surface area contributed by atoms with Gasteiger partial charge < -0.3 is 4.79 Å². The summed E-state index contributed by atoms with van der Waals surface area (Å²) < 4.78 is 0. The number of aldehydes is 1. The van der Waals surface area contributed by atoms with Crippen LogP contribution >= 0.6 is 0 Å². The van der Waals surface area contributed by atoms with Crippen molar-refractivity contribution in [3.05, 3.63) is 47.5 Å². The van der Waals surface area contributed by atoms with Gasteiger partial charge in [-0.3, -0.25) is 0 Å². The Kier molecular flexibility index (Phi) is 1.26. The molecule has 0 saturated heterocycles. The molecule has 1 heteroatoms. The maximum absolute atomic E-state index is 10.9. The third kappa shape index (κ3) is 0.744. The van der Waals surface area contributed by atoms with Gasteiger partial charge in [-0.05, 0) is 11.1 Å². The third-order valence-corrected chi connectivity index (χ3v) is 3.23. The molecule has 2 bridgehead atoms. The van der Waals surface area contributed by atoms with Crippen molar-refractivity contribution in [2.45, 2.75) is 11.8 Å². The summed E-state index contributed by atoms with van der Waals surface area (Å²) in [5.74, 6) is 0.898. The van der Waals surface area contributed by atoms with Gasteiger partial charge in [-0.25, -0.2) is 0 Å². The van der Waals surface area contributed by atoms with Gasteiger partial charge >= 0.3 is 0 Å². The van der Waals surface area contributed by atoms with Crippen LogP contribution < -0.4 is 0 Å². The molecule has 0 aromatic heterocycles. The van der Waals surface area contributed by atoms with E-state index in [4.69, 9.17) is 0 Å². The molecule has 0 aliphatic heterocycles. The summed E-state index contributed by atoms with van der Waals surface area (Å²) in [7, 11) is 0. The standard InChI is InChI=1S/C12H10O/c13-7-12-10-5-6-11(12)9-4-2-1-3-8(9)10/h1-7,10-12H/t10-,11+,12?. The lowest BCUT2D eigenvalue weighted by Crippen LogP contribution is -2.05. The van der Waals surface area contributed by atoms with Crippen LogP contribution in [0.3, 0.4) is 0 Å². The molecule has 1 aromatic carbocycles. The second kappa shape index (κ2) is 2.32. The molecule has 1 nitrogen and oxygen atoms in total. The summed E-state index contributed by atoms with van der Waals surface area (Å²) in [6, 6.07) is 8.38. The van der Waals surface area contributed by atoms with Crippen molar-refractivity contribution in [2.75, 3.05) is 0 Å². The van der Waals surface area contributed by atoms with Crippen LogP contribution in [0.25, 0.3) is 0 Å². The van der Waals surface area contributed by atoms with E-state index < -0.39 is 0 Å². The highest BCUT2D eigenvalue weighted by Crippen LogP contribution is 2.51. The Bertz CT molecular complexity index is 359. The number of hydrogen-bond donors (Lipinski definition) is 0. The third-order valence-electron chi connectivity index (χ3n) is 3.23. The monoisotopic (exact) mass is 170 g/mol. The molecule has 0 saturated carbocycles. The lowest BCUT2D eigenvalue weighted by atomic mass is 9.96. The second-order valence-electron chi connectivity index (χ2n) is 3.78. The predicted molar refractivity (Wildman–Crippen MR) is 50.6 cm³/mol. The Hall–Kier alpha value is -1.37. The lowest BCUT2D eigenvalue weighted by Gasteiger charge is -2.07. The van der Waals surface area contributed by atoms with Gasteiger partial charge in [0.05, 0.1) is 0 Å². The Morgan fingerprint density at radius 3 is 2.00 bits per heavy atom. The fourth-order valence-corrected chi connectivity index (χ4v) is 2.63. The number of fused-ring (bicyclic) bond motifs is 5. The number of rotatable bonds is 1. The quantitative estimate of drug-likeness (QED) is 0.466. The first-order valence-corrected chi connectivity index (χ1v) is 4.64. The van der Waals surface area contributed by atoms with Crippen molar-refractivity contribution in [2.24, 2.45) is 5.92 Å². The topological polar surface area (TPSA) is 17.1 Å². The Balaban J connectivity index is 2.20. The number of hydrogen-bond acceptors (Lipinski definition) is 1. The first-order chi connectivity index (χ1) is 6.42. The van der Waals surface area contributed by atoms with Crippen molar-refractivity contribution >= 4 is 6.29 Å². The molecule has 3 rings (SSSR count). The predicted octanol–water partition coefficient (Wildman–Crippen LogP) is 2.25. The average Bonchev–Trinajstić information content (AvgIpc) is 2.73. The maximum Gasteiger partial charge on any atom is 0.124 e. The first-order valence-electron chi connectivity index (χ1n) is 4.64. The van der Waals surface area contributed by atoms with Gasteiger partial charge in [0.15, 0.2) is 0 Å². The first kappa shape index (κ1) is 7.07. The van der Waals surface area contributed by atoms with E-state index in [1.807, 2.05) is 0 Å². The van der Waals surface area contributed by atoms with Crippen LogP contribution in [0.1, 0.15) is 23.0 Å². The summed E-state index contributed by atoms with van der Waals surface area (Å²) in [5, 5.41) is 0. The van der Waals surface area contributed by atoms with Gasteiger partial charge in [-0.1, -0.05) is 36.4 Å². The largest absolute Gasteiger partial charge is 0.303 e. The van der Waals surface area contributed by atoms with Gasteiger partial charge in [0.2, 0.25) is 0 Å². The van der Waals surface area contributed by atoms with Crippen LogP contribution in [0.2, 0.25) is 0 Å². The average molecular weight is 170 g/mol. The molecule has 0 radical (unpaired) electrons. The smallest absolute Gasteiger partial charge is 0.124 e. The molecular formula is C12H10O. The molecule has 0 heterocycles. The molecule has 0 N–H and O–H groups in total. The normalized spacial score (nSPS) is 33.4. The van der Waals surface area contributed by atoms with Crippen LogP contribution in [0.4, 0.5) is 0 Å². The van der Waals surface area contributed by atoms with Crippen molar-refractivity contribution < 1.29 is 4.79 Å². The van der Waals surface area contributed by atoms with Crippen LogP contribution in [-0.2, 0) is 4.79 Å².